The summed E-state index contributed by atoms with van der Waals surface area (Å²) in [6.45, 7) is 7.96. The Kier molecular flexibility index (Phi) is 9.40. The highest BCUT2D eigenvalue weighted by Crippen LogP contribution is 2.20. The standard InChI is InChI=1S/C36H36N4O4/c1-3-9-27(2)25-40-26-29(22-28-10-5-4-6-11-28)23-32(35(40)43)33(41)24-34(42)36(44)39-20-18-38(19-21-39)31-14-12-30(13-15-31)37-16-7-8-17-37/h3-17,23-24,26,41H,2,18-22,25H2,1H3. The number of hydrogen-bond acceptors (Lipinski definition) is 5. The summed E-state index contributed by atoms with van der Waals surface area (Å²) in [4.78, 5) is 43.1. The fraction of sp³-hybridized carbons (Fsp3) is 0.194. The van der Waals surface area contributed by atoms with Crippen LogP contribution in [0.2, 0.25) is 0 Å². The number of ketones is 1. The maximum absolute atomic E-state index is 13.3. The predicted octanol–water partition coefficient (Wildman–Crippen LogP) is 5.18. The largest absolute Gasteiger partial charge is 0.507 e. The number of nitrogens with zero attached hydrogens (tertiary/aromatic N) is 4. The molecule has 0 bridgehead atoms. The fourth-order valence-electron chi connectivity index (χ4n) is 5.36. The molecule has 1 fully saturated rings. The van der Waals surface area contributed by atoms with Gasteiger partial charge < -0.3 is 24.0 Å². The lowest BCUT2D eigenvalue weighted by Gasteiger charge is -2.35. The van der Waals surface area contributed by atoms with Crippen molar-refractivity contribution in [3.8, 4) is 5.69 Å². The van der Waals surface area contributed by atoms with Crippen molar-refractivity contribution in [2.45, 2.75) is 19.9 Å². The Bertz CT molecular complexity index is 1740. The molecule has 3 heterocycles. The van der Waals surface area contributed by atoms with Crippen LogP contribution in [0.4, 0.5) is 5.69 Å². The van der Waals surface area contributed by atoms with Gasteiger partial charge in [0.25, 0.3) is 11.5 Å². The summed E-state index contributed by atoms with van der Waals surface area (Å²) in [6.07, 6.45) is 10.7. The van der Waals surface area contributed by atoms with Crippen molar-refractivity contribution in [3.05, 3.63) is 149 Å². The highest BCUT2D eigenvalue weighted by atomic mass is 16.3. The van der Waals surface area contributed by atoms with E-state index in [2.05, 4.69) is 11.5 Å². The molecule has 1 saturated heterocycles. The molecule has 1 aliphatic rings. The van der Waals surface area contributed by atoms with Crippen molar-refractivity contribution in [2.24, 2.45) is 0 Å². The van der Waals surface area contributed by atoms with E-state index in [1.54, 1.807) is 12.3 Å². The molecule has 0 radical (unpaired) electrons. The van der Waals surface area contributed by atoms with Gasteiger partial charge in [0.05, 0.1) is 12.1 Å². The molecule has 5 rings (SSSR count). The van der Waals surface area contributed by atoms with Gasteiger partial charge in [0.2, 0.25) is 5.78 Å². The van der Waals surface area contributed by atoms with Gasteiger partial charge in [0.15, 0.2) is 0 Å². The number of pyridine rings is 1. The van der Waals surface area contributed by atoms with Crippen LogP contribution in [0.3, 0.4) is 0 Å². The first-order valence-corrected chi connectivity index (χ1v) is 14.6. The number of carbonyl (C=O) groups is 2. The zero-order valence-corrected chi connectivity index (χ0v) is 24.8. The van der Waals surface area contributed by atoms with Gasteiger partial charge in [-0.25, -0.2) is 0 Å². The van der Waals surface area contributed by atoms with Crippen LogP contribution >= 0.6 is 0 Å². The number of hydrogen-bond donors (Lipinski definition) is 1. The molecule has 0 unspecified atom stereocenters. The third-order valence-corrected chi connectivity index (χ3v) is 7.61. The fourth-order valence-corrected chi connectivity index (χ4v) is 5.36. The van der Waals surface area contributed by atoms with Gasteiger partial charge >= 0.3 is 0 Å². The van der Waals surface area contributed by atoms with Crippen LogP contribution in [0.5, 0.6) is 0 Å². The maximum atomic E-state index is 13.3. The molecule has 4 aromatic rings. The van der Waals surface area contributed by atoms with E-state index in [1.165, 1.54) is 9.47 Å². The third kappa shape index (κ3) is 7.15. The van der Waals surface area contributed by atoms with Crippen LogP contribution in [-0.2, 0) is 22.6 Å². The van der Waals surface area contributed by atoms with E-state index < -0.39 is 23.0 Å². The highest BCUT2D eigenvalue weighted by molar-refractivity contribution is 6.41. The zero-order chi connectivity index (χ0) is 31.1. The van der Waals surface area contributed by atoms with Crippen LogP contribution < -0.4 is 10.5 Å². The predicted molar refractivity (Wildman–Crippen MR) is 174 cm³/mol. The summed E-state index contributed by atoms with van der Waals surface area (Å²) in [7, 11) is 0. The van der Waals surface area contributed by atoms with Crippen molar-refractivity contribution in [1.29, 1.82) is 0 Å². The first-order chi connectivity index (χ1) is 21.3. The van der Waals surface area contributed by atoms with Crippen LogP contribution in [0.25, 0.3) is 11.4 Å². The Morgan fingerprint density at radius 2 is 1.55 bits per heavy atom. The summed E-state index contributed by atoms with van der Waals surface area (Å²) < 4.78 is 3.50. The monoisotopic (exact) mass is 588 g/mol. The number of aromatic nitrogens is 2. The van der Waals surface area contributed by atoms with E-state index in [9.17, 15) is 19.5 Å². The van der Waals surface area contributed by atoms with Crippen molar-refractivity contribution in [3.63, 3.8) is 0 Å². The van der Waals surface area contributed by atoms with E-state index in [-0.39, 0.29) is 12.1 Å². The summed E-state index contributed by atoms with van der Waals surface area (Å²) in [5.41, 5.74) is 4.10. The summed E-state index contributed by atoms with van der Waals surface area (Å²) in [5.74, 6) is -2.11. The molecule has 8 heteroatoms. The molecule has 0 aliphatic carbocycles. The van der Waals surface area contributed by atoms with E-state index >= 15 is 0 Å². The SMILES string of the molecule is C=C(C=CC)Cn1cc(Cc2ccccc2)cc(C(O)=CC(=O)C(=O)N2CCN(c3ccc(-n4cccc4)cc3)CC2)c1=O. The number of aliphatic hydroxyl groups is 1. The minimum absolute atomic E-state index is 0.0407. The topological polar surface area (TPSA) is 87.8 Å². The first-order valence-electron chi connectivity index (χ1n) is 14.6. The molecule has 44 heavy (non-hydrogen) atoms. The van der Waals surface area contributed by atoms with E-state index in [1.807, 2.05) is 103 Å². The molecule has 0 atom stereocenters. The van der Waals surface area contributed by atoms with Gasteiger partial charge in [-0.3, -0.25) is 14.4 Å². The van der Waals surface area contributed by atoms with Gasteiger partial charge in [0.1, 0.15) is 5.76 Å². The van der Waals surface area contributed by atoms with Crippen molar-refractivity contribution in [2.75, 3.05) is 31.1 Å². The van der Waals surface area contributed by atoms with E-state index in [0.717, 1.165) is 28.6 Å². The van der Waals surface area contributed by atoms with Crippen molar-refractivity contribution in [1.82, 2.24) is 14.0 Å². The van der Waals surface area contributed by atoms with Gasteiger partial charge in [-0.15, -0.1) is 0 Å². The number of carbonyl (C=O) groups excluding carboxylic acids is 2. The van der Waals surface area contributed by atoms with Crippen LogP contribution in [0.1, 0.15) is 23.6 Å². The molecule has 8 nitrogen and oxygen atoms in total. The first kappa shape index (κ1) is 30.1. The lowest BCUT2D eigenvalue weighted by atomic mass is 10.0. The number of piperazine rings is 1. The third-order valence-electron chi connectivity index (χ3n) is 7.61. The Hall–Kier alpha value is -5.37. The van der Waals surface area contributed by atoms with E-state index in [0.29, 0.717) is 38.2 Å². The molecular formula is C36H36N4O4. The Labute approximate surface area is 257 Å². The molecule has 0 saturated carbocycles. The number of anilines is 1. The van der Waals surface area contributed by atoms with Crippen molar-refractivity contribution < 1.29 is 14.7 Å². The maximum Gasteiger partial charge on any atom is 0.294 e. The minimum atomic E-state index is -0.871. The second-order valence-corrected chi connectivity index (χ2v) is 10.8. The summed E-state index contributed by atoms with van der Waals surface area (Å²) in [6, 6.07) is 23.5. The zero-order valence-electron chi connectivity index (χ0n) is 24.8. The van der Waals surface area contributed by atoms with Crippen molar-refractivity contribution >= 4 is 23.1 Å². The number of aliphatic hydroxyl groups excluding tert-OH is 1. The minimum Gasteiger partial charge on any atom is -0.507 e. The Morgan fingerprint density at radius 3 is 2.20 bits per heavy atom. The average Bonchev–Trinajstić information content (AvgIpc) is 3.58. The Morgan fingerprint density at radius 1 is 0.886 bits per heavy atom. The number of rotatable bonds is 10. The van der Waals surface area contributed by atoms with Gasteiger partial charge in [-0.1, -0.05) is 49.1 Å². The molecule has 1 amide bonds. The molecule has 2 aromatic heterocycles. The Balaban J connectivity index is 1.29. The summed E-state index contributed by atoms with van der Waals surface area (Å²) >= 11 is 0. The lowest BCUT2D eigenvalue weighted by molar-refractivity contribution is -0.142. The smallest absolute Gasteiger partial charge is 0.294 e. The molecule has 1 aliphatic heterocycles. The summed E-state index contributed by atoms with van der Waals surface area (Å²) in [5, 5.41) is 11.0. The second kappa shape index (κ2) is 13.7. The molecule has 224 valence electrons. The molecule has 1 N–H and O–H groups in total. The van der Waals surface area contributed by atoms with Gasteiger partial charge in [-0.2, -0.15) is 0 Å². The number of amides is 1. The molecule has 2 aromatic carbocycles. The van der Waals surface area contributed by atoms with Gasteiger partial charge in [0, 0.05) is 62.2 Å². The molecular weight excluding hydrogens is 552 g/mol. The molecule has 0 spiro atoms. The van der Waals surface area contributed by atoms with E-state index in [4.69, 9.17) is 0 Å². The number of benzene rings is 2. The van der Waals surface area contributed by atoms with Gasteiger partial charge in [-0.05, 0) is 72.5 Å². The quantitative estimate of drug-likeness (QED) is 0.119. The average molecular weight is 589 g/mol. The second-order valence-electron chi connectivity index (χ2n) is 10.8. The lowest BCUT2D eigenvalue weighted by Crippen LogP contribution is -2.50. The van der Waals surface area contributed by atoms with Crippen LogP contribution in [0, 0.1) is 0 Å². The normalized spacial score (nSPS) is 13.8. The van der Waals surface area contributed by atoms with Crippen LogP contribution in [0.15, 0.2) is 127 Å². The highest BCUT2D eigenvalue weighted by Gasteiger charge is 2.26. The van der Waals surface area contributed by atoms with Crippen LogP contribution in [-0.4, -0.2) is 57.0 Å². The number of allylic oxidation sites excluding steroid dienone is 3.